The van der Waals surface area contributed by atoms with Gasteiger partial charge >= 0.3 is 6.09 Å². The average Bonchev–Trinajstić information content (AvgIpc) is 3.35. The Balaban J connectivity index is 1.59. The number of benzene rings is 2. The molecule has 0 aromatic heterocycles. The number of hydrogen-bond acceptors (Lipinski definition) is 5. The van der Waals surface area contributed by atoms with Crippen molar-refractivity contribution in [3.8, 4) is 0 Å². The van der Waals surface area contributed by atoms with Crippen LogP contribution in [0.15, 0.2) is 35.2 Å². The lowest BCUT2D eigenvalue weighted by molar-refractivity contribution is 0.102. The summed E-state index contributed by atoms with van der Waals surface area (Å²) in [6.45, 7) is 0.0312. The summed E-state index contributed by atoms with van der Waals surface area (Å²) in [5.41, 5.74) is 4.57. The van der Waals surface area contributed by atoms with Crippen LogP contribution >= 0.6 is 11.6 Å². The van der Waals surface area contributed by atoms with Gasteiger partial charge in [-0.2, -0.15) is 0 Å². The van der Waals surface area contributed by atoms with Crippen LogP contribution in [-0.4, -0.2) is 32.3 Å². The Hall–Kier alpha value is -2.79. The summed E-state index contributed by atoms with van der Waals surface area (Å²) >= 11 is 6.20. The monoisotopic (exact) mass is 516 g/mol. The number of sulfone groups is 1. The summed E-state index contributed by atoms with van der Waals surface area (Å²) in [5.74, 6) is -6.07. The molecule has 0 heterocycles. The fraction of sp³-hybridized carbons (Fsp3) is 0.364. The molecule has 2 aliphatic rings. The largest absolute Gasteiger partial charge is 0.449 e. The van der Waals surface area contributed by atoms with Crippen molar-refractivity contribution in [2.75, 3.05) is 11.9 Å². The number of amides is 2. The minimum atomic E-state index is -3.98. The molecule has 0 aliphatic heterocycles. The van der Waals surface area contributed by atoms with Crippen molar-refractivity contribution < 1.29 is 35.9 Å². The molecule has 2 aliphatic carbocycles. The number of primary amides is 1. The summed E-state index contributed by atoms with van der Waals surface area (Å²) in [7, 11) is -3.98. The fourth-order valence-corrected chi connectivity index (χ4v) is 8.05. The van der Waals surface area contributed by atoms with Crippen LogP contribution < -0.4 is 11.1 Å². The van der Waals surface area contributed by atoms with Gasteiger partial charge in [-0.25, -0.2) is 26.4 Å². The second kappa shape index (κ2) is 9.10. The number of hydrogen-bond donors (Lipinski definition) is 2. The summed E-state index contributed by atoms with van der Waals surface area (Å²) < 4.78 is 72.1. The standard InChI is InChI=1S/C22H20ClF3N2O5S/c23-15-4-2-11(21(29)28-13-7-16(24)19(26)17(25)8-13)6-18(15)34(31,32)20-10-1-3-14(20)12(5-10)9-33-22(27)30/h2,4,6-8,10,12,14,20H,1,3,5,9H2,(H2,27,30)(H,28,29)/t10-,12?,14?,20?/m0/s1. The number of nitrogens with two attached hydrogens (primary N) is 1. The summed E-state index contributed by atoms with van der Waals surface area (Å²) in [6.07, 6.45) is 0.966. The Bertz CT molecular complexity index is 1250. The molecule has 3 unspecified atom stereocenters. The zero-order valence-electron chi connectivity index (χ0n) is 17.6. The van der Waals surface area contributed by atoms with E-state index in [-0.39, 0.29) is 45.5 Å². The maximum absolute atomic E-state index is 13.6. The molecule has 0 spiro atoms. The van der Waals surface area contributed by atoms with E-state index in [0.717, 1.165) is 6.07 Å². The number of carbonyl (C=O) groups excluding carboxylic acids is 2. The van der Waals surface area contributed by atoms with E-state index in [1.165, 1.54) is 12.1 Å². The van der Waals surface area contributed by atoms with E-state index < -0.39 is 44.5 Å². The first kappa shape index (κ1) is 24.3. The highest BCUT2D eigenvalue weighted by atomic mass is 35.5. The van der Waals surface area contributed by atoms with Gasteiger partial charge < -0.3 is 15.8 Å². The Morgan fingerprint density at radius 1 is 1.12 bits per heavy atom. The molecule has 2 fully saturated rings. The highest BCUT2D eigenvalue weighted by Gasteiger charge is 2.54. The van der Waals surface area contributed by atoms with Gasteiger partial charge in [0, 0.05) is 23.4 Å². The zero-order valence-corrected chi connectivity index (χ0v) is 19.1. The third kappa shape index (κ3) is 4.46. The molecule has 0 saturated heterocycles. The van der Waals surface area contributed by atoms with Gasteiger partial charge in [0.1, 0.15) is 0 Å². The van der Waals surface area contributed by atoms with E-state index in [1.54, 1.807) is 0 Å². The van der Waals surface area contributed by atoms with Gasteiger partial charge in [-0.1, -0.05) is 11.6 Å². The summed E-state index contributed by atoms with van der Waals surface area (Å²) in [4.78, 5) is 23.3. The Labute approximate surface area is 198 Å². The van der Waals surface area contributed by atoms with Gasteiger partial charge in [0.05, 0.1) is 21.8 Å². The first-order chi connectivity index (χ1) is 16.0. The number of anilines is 1. The lowest BCUT2D eigenvalue weighted by Crippen LogP contribution is -2.29. The van der Waals surface area contributed by atoms with E-state index in [1.807, 2.05) is 0 Å². The minimum absolute atomic E-state index is 0.0312. The van der Waals surface area contributed by atoms with Crippen molar-refractivity contribution in [3.05, 3.63) is 58.4 Å². The highest BCUT2D eigenvalue weighted by molar-refractivity contribution is 7.92. The van der Waals surface area contributed by atoms with E-state index in [2.05, 4.69) is 5.32 Å². The maximum Gasteiger partial charge on any atom is 0.404 e. The van der Waals surface area contributed by atoms with E-state index in [9.17, 15) is 31.2 Å². The molecular formula is C22H20ClF3N2O5S. The van der Waals surface area contributed by atoms with Crippen LogP contribution in [0.5, 0.6) is 0 Å². The molecule has 0 radical (unpaired) electrons. The number of ether oxygens (including phenoxy) is 1. The molecule has 182 valence electrons. The van der Waals surface area contributed by atoms with Crippen molar-refractivity contribution >= 4 is 39.1 Å². The van der Waals surface area contributed by atoms with Crippen molar-refractivity contribution in [3.63, 3.8) is 0 Å². The number of halogens is 4. The fourth-order valence-electron chi connectivity index (χ4n) is 5.11. The lowest BCUT2D eigenvalue weighted by atomic mass is 9.90. The SMILES string of the molecule is NC(=O)OCC1C[C@@H]2CCC1C2S(=O)(=O)c1cc(C(=O)Nc2cc(F)c(F)c(F)c2)ccc1Cl. The van der Waals surface area contributed by atoms with E-state index in [4.69, 9.17) is 22.1 Å². The van der Waals surface area contributed by atoms with Crippen LogP contribution in [0.3, 0.4) is 0 Å². The molecule has 3 N–H and O–H groups in total. The van der Waals surface area contributed by atoms with E-state index in [0.29, 0.717) is 31.4 Å². The predicted molar refractivity (Wildman–Crippen MR) is 117 cm³/mol. The van der Waals surface area contributed by atoms with Crippen molar-refractivity contribution in [2.24, 2.45) is 23.5 Å². The highest BCUT2D eigenvalue weighted by Crippen LogP contribution is 2.53. The smallest absolute Gasteiger partial charge is 0.404 e. The molecular weight excluding hydrogens is 497 g/mol. The number of carbonyl (C=O) groups is 2. The summed E-state index contributed by atoms with van der Waals surface area (Å²) in [6, 6.07) is 4.83. The minimum Gasteiger partial charge on any atom is -0.449 e. The molecule has 2 bridgehead atoms. The number of nitrogens with one attached hydrogen (secondary N) is 1. The Morgan fingerprint density at radius 2 is 1.79 bits per heavy atom. The van der Waals surface area contributed by atoms with Gasteiger partial charge in [0.15, 0.2) is 27.3 Å². The van der Waals surface area contributed by atoms with Gasteiger partial charge in [0.2, 0.25) is 0 Å². The first-order valence-corrected chi connectivity index (χ1v) is 12.3. The van der Waals surface area contributed by atoms with E-state index >= 15 is 0 Å². The molecule has 2 aromatic rings. The van der Waals surface area contributed by atoms with Crippen LogP contribution in [-0.2, 0) is 14.6 Å². The molecule has 2 saturated carbocycles. The van der Waals surface area contributed by atoms with Gasteiger partial charge in [0.25, 0.3) is 5.91 Å². The van der Waals surface area contributed by atoms with Gasteiger partial charge in [-0.05, 0) is 55.2 Å². The first-order valence-electron chi connectivity index (χ1n) is 10.4. The van der Waals surface area contributed by atoms with Crippen LogP contribution in [0.4, 0.5) is 23.7 Å². The molecule has 4 atom stereocenters. The zero-order chi connectivity index (χ0) is 24.8. The normalized spacial score (nSPS) is 23.6. The molecule has 4 rings (SSSR count). The Morgan fingerprint density at radius 3 is 2.44 bits per heavy atom. The molecule has 34 heavy (non-hydrogen) atoms. The second-order valence-corrected chi connectivity index (χ2v) is 11.0. The molecule has 2 amide bonds. The molecule has 12 heteroatoms. The number of rotatable bonds is 6. The average molecular weight is 517 g/mol. The van der Waals surface area contributed by atoms with Gasteiger partial charge in [-0.3, -0.25) is 4.79 Å². The Kier molecular flexibility index (Phi) is 6.52. The van der Waals surface area contributed by atoms with Crippen LogP contribution in [0.1, 0.15) is 29.6 Å². The van der Waals surface area contributed by atoms with Crippen molar-refractivity contribution in [1.82, 2.24) is 0 Å². The predicted octanol–water partition coefficient (Wildman–Crippen LogP) is 4.29. The third-order valence-corrected chi connectivity index (χ3v) is 9.35. The lowest BCUT2D eigenvalue weighted by Gasteiger charge is -2.22. The van der Waals surface area contributed by atoms with Crippen LogP contribution in [0.25, 0.3) is 0 Å². The second-order valence-electron chi connectivity index (χ2n) is 8.49. The quantitative estimate of drug-likeness (QED) is 0.556. The molecule has 2 aromatic carbocycles. The maximum atomic E-state index is 13.6. The number of fused-ring (bicyclic) bond motifs is 2. The van der Waals surface area contributed by atoms with Crippen LogP contribution in [0, 0.1) is 35.2 Å². The topological polar surface area (TPSA) is 116 Å². The molecule has 7 nitrogen and oxygen atoms in total. The third-order valence-electron chi connectivity index (χ3n) is 6.51. The summed E-state index contributed by atoms with van der Waals surface area (Å²) in [5, 5.41) is 1.38. The van der Waals surface area contributed by atoms with Gasteiger partial charge in [-0.15, -0.1) is 0 Å². The van der Waals surface area contributed by atoms with Crippen LogP contribution in [0.2, 0.25) is 5.02 Å². The van der Waals surface area contributed by atoms with Crippen molar-refractivity contribution in [2.45, 2.75) is 29.4 Å². The van der Waals surface area contributed by atoms with Crippen molar-refractivity contribution in [1.29, 1.82) is 0 Å².